The highest BCUT2D eigenvalue weighted by molar-refractivity contribution is 5.91. The molecule has 4 heteroatoms. The zero-order chi connectivity index (χ0) is 13.1. The van der Waals surface area contributed by atoms with Gasteiger partial charge in [-0.2, -0.15) is 0 Å². The van der Waals surface area contributed by atoms with Crippen LogP contribution in [0.1, 0.15) is 26.3 Å². The average molecular weight is 237 g/mol. The number of hydrogen-bond acceptors (Lipinski definition) is 3. The number of nitrogens with one attached hydrogen (secondary N) is 1. The Morgan fingerprint density at radius 3 is 2.59 bits per heavy atom. The van der Waals surface area contributed by atoms with Crippen molar-refractivity contribution in [3.05, 3.63) is 23.8 Å². The van der Waals surface area contributed by atoms with Gasteiger partial charge in [0.25, 0.3) is 0 Å². The van der Waals surface area contributed by atoms with Gasteiger partial charge >= 0.3 is 0 Å². The van der Waals surface area contributed by atoms with Gasteiger partial charge in [-0.25, -0.2) is 0 Å². The van der Waals surface area contributed by atoms with Gasteiger partial charge in [0.1, 0.15) is 12.4 Å². The number of carbonyl (C=O) groups excluding carboxylic acids is 1. The van der Waals surface area contributed by atoms with E-state index < -0.39 is 0 Å². The van der Waals surface area contributed by atoms with Gasteiger partial charge in [0.2, 0.25) is 5.91 Å². The zero-order valence-electron chi connectivity index (χ0n) is 10.7. The molecule has 1 rings (SSSR count). The second kappa shape index (κ2) is 5.19. The van der Waals surface area contributed by atoms with Crippen LogP contribution < -0.4 is 5.32 Å². The number of amides is 1. The lowest BCUT2D eigenvalue weighted by Crippen LogP contribution is -2.27. The monoisotopic (exact) mass is 237 g/mol. The van der Waals surface area contributed by atoms with Crippen molar-refractivity contribution in [2.24, 2.45) is 0 Å². The normalized spacial score (nSPS) is 11.3. The number of benzene rings is 1. The van der Waals surface area contributed by atoms with E-state index in [2.05, 4.69) is 5.32 Å². The van der Waals surface area contributed by atoms with Crippen LogP contribution in [0.5, 0.6) is 5.75 Å². The van der Waals surface area contributed by atoms with Crippen LogP contribution >= 0.6 is 0 Å². The third-order valence-corrected chi connectivity index (χ3v) is 2.13. The number of phenols is 1. The number of ether oxygens (including phenoxy) is 1. The third-order valence-electron chi connectivity index (χ3n) is 2.13. The van der Waals surface area contributed by atoms with Crippen molar-refractivity contribution in [2.75, 3.05) is 11.9 Å². The van der Waals surface area contributed by atoms with Crippen molar-refractivity contribution in [1.29, 1.82) is 0 Å². The standard InChI is InChI=1S/C13H19NO3/c1-9-5-6-10(7-11(9)15)14-12(16)8-17-13(2,3)4/h5-7,15H,8H2,1-4H3,(H,14,16). The molecule has 0 aliphatic rings. The fourth-order valence-corrected chi connectivity index (χ4v) is 1.17. The maximum absolute atomic E-state index is 11.5. The number of aryl methyl sites for hydroxylation is 1. The predicted molar refractivity (Wildman–Crippen MR) is 67.2 cm³/mol. The molecule has 0 saturated carbocycles. The van der Waals surface area contributed by atoms with Crippen LogP contribution in [-0.4, -0.2) is 23.2 Å². The van der Waals surface area contributed by atoms with Crippen LogP contribution in [0.4, 0.5) is 5.69 Å². The van der Waals surface area contributed by atoms with E-state index in [1.54, 1.807) is 19.1 Å². The Hall–Kier alpha value is -1.55. The summed E-state index contributed by atoms with van der Waals surface area (Å²) in [4.78, 5) is 11.5. The molecule has 0 aliphatic carbocycles. The molecule has 1 aromatic carbocycles. The van der Waals surface area contributed by atoms with E-state index in [1.807, 2.05) is 20.8 Å². The summed E-state index contributed by atoms with van der Waals surface area (Å²) < 4.78 is 5.34. The summed E-state index contributed by atoms with van der Waals surface area (Å²) in [5.41, 5.74) is 0.997. The first kappa shape index (κ1) is 13.5. The summed E-state index contributed by atoms with van der Waals surface area (Å²) in [6.07, 6.45) is 0. The molecule has 0 unspecified atom stereocenters. The van der Waals surface area contributed by atoms with Gasteiger partial charge in [-0.05, 0) is 39.3 Å². The van der Waals surface area contributed by atoms with Crippen molar-refractivity contribution in [2.45, 2.75) is 33.3 Å². The van der Waals surface area contributed by atoms with E-state index in [0.29, 0.717) is 5.69 Å². The smallest absolute Gasteiger partial charge is 0.250 e. The van der Waals surface area contributed by atoms with Gasteiger partial charge in [-0.3, -0.25) is 4.79 Å². The van der Waals surface area contributed by atoms with Crippen LogP contribution in [0.3, 0.4) is 0 Å². The molecular weight excluding hydrogens is 218 g/mol. The topological polar surface area (TPSA) is 58.6 Å². The number of aromatic hydroxyl groups is 1. The predicted octanol–water partition coefficient (Wildman–Crippen LogP) is 2.45. The molecule has 0 radical (unpaired) electrons. The molecule has 2 N–H and O–H groups in total. The molecule has 1 aromatic rings. The Labute approximate surface area is 102 Å². The van der Waals surface area contributed by atoms with Crippen LogP contribution in [0.25, 0.3) is 0 Å². The van der Waals surface area contributed by atoms with Crippen LogP contribution in [0.15, 0.2) is 18.2 Å². The van der Waals surface area contributed by atoms with Crippen molar-refractivity contribution in [1.82, 2.24) is 0 Å². The van der Waals surface area contributed by atoms with Gasteiger partial charge in [-0.1, -0.05) is 6.07 Å². The Morgan fingerprint density at radius 1 is 1.41 bits per heavy atom. The second-order valence-corrected chi connectivity index (χ2v) is 4.95. The third kappa shape index (κ3) is 4.87. The summed E-state index contributed by atoms with van der Waals surface area (Å²) in [6, 6.07) is 5.00. The van der Waals surface area contributed by atoms with Gasteiger partial charge in [-0.15, -0.1) is 0 Å². The van der Waals surface area contributed by atoms with E-state index in [9.17, 15) is 9.90 Å². The van der Waals surface area contributed by atoms with Gasteiger partial charge in [0, 0.05) is 11.8 Å². The molecule has 0 aliphatic heterocycles. The van der Waals surface area contributed by atoms with Gasteiger partial charge in [0.05, 0.1) is 5.60 Å². The highest BCUT2D eigenvalue weighted by Gasteiger charge is 2.13. The van der Waals surface area contributed by atoms with Crippen LogP contribution in [0.2, 0.25) is 0 Å². The van der Waals surface area contributed by atoms with Crippen LogP contribution in [-0.2, 0) is 9.53 Å². The van der Waals surface area contributed by atoms with E-state index in [-0.39, 0.29) is 23.9 Å². The number of phenolic OH excluding ortho intramolecular Hbond substituents is 1. The van der Waals surface area contributed by atoms with E-state index >= 15 is 0 Å². The van der Waals surface area contributed by atoms with Crippen molar-refractivity contribution in [3.8, 4) is 5.75 Å². The Kier molecular flexibility index (Phi) is 4.12. The zero-order valence-corrected chi connectivity index (χ0v) is 10.7. The van der Waals surface area contributed by atoms with Gasteiger partial charge in [0.15, 0.2) is 0 Å². The SMILES string of the molecule is Cc1ccc(NC(=O)COC(C)(C)C)cc1O. The molecule has 0 aromatic heterocycles. The highest BCUT2D eigenvalue weighted by atomic mass is 16.5. The lowest BCUT2D eigenvalue weighted by Gasteiger charge is -2.19. The fraction of sp³-hybridized carbons (Fsp3) is 0.462. The van der Waals surface area contributed by atoms with E-state index in [0.717, 1.165) is 5.56 Å². The largest absolute Gasteiger partial charge is 0.508 e. The molecule has 4 nitrogen and oxygen atoms in total. The molecule has 0 saturated heterocycles. The molecule has 94 valence electrons. The minimum Gasteiger partial charge on any atom is -0.508 e. The second-order valence-electron chi connectivity index (χ2n) is 4.95. The average Bonchev–Trinajstić information content (AvgIpc) is 2.20. The Balaban J connectivity index is 2.54. The summed E-state index contributed by atoms with van der Waals surface area (Å²) in [5.74, 6) is -0.0669. The Bertz CT molecular complexity index is 408. The van der Waals surface area contributed by atoms with Crippen molar-refractivity contribution in [3.63, 3.8) is 0 Å². The molecular formula is C13H19NO3. The minimum absolute atomic E-state index is 0.00185. The lowest BCUT2D eigenvalue weighted by molar-refractivity contribution is -0.125. The van der Waals surface area contributed by atoms with E-state index in [4.69, 9.17) is 4.74 Å². The fourth-order valence-electron chi connectivity index (χ4n) is 1.17. The Morgan fingerprint density at radius 2 is 2.06 bits per heavy atom. The minimum atomic E-state index is -0.341. The maximum Gasteiger partial charge on any atom is 0.250 e. The maximum atomic E-state index is 11.5. The molecule has 0 atom stereocenters. The van der Waals surface area contributed by atoms with Crippen molar-refractivity contribution < 1.29 is 14.6 Å². The summed E-state index contributed by atoms with van der Waals surface area (Å²) in [7, 11) is 0. The van der Waals surface area contributed by atoms with E-state index in [1.165, 1.54) is 6.07 Å². The molecule has 0 fully saturated rings. The van der Waals surface area contributed by atoms with Crippen LogP contribution in [0, 0.1) is 6.92 Å². The van der Waals surface area contributed by atoms with Crippen molar-refractivity contribution >= 4 is 11.6 Å². The quantitative estimate of drug-likeness (QED) is 0.849. The number of hydrogen-bond donors (Lipinski definition) is 2. The molecule has 0 spiro atoms. The molecule has 0 bridgehead atoms. The first-order valence-corrected chi connectivity index (χ1v) is 5.51. The molecule has 1 amide bonds. The highest BCUT2D eigenvalue weighted by Crippen LogP contribution is 2.20. The number of rotatable bonds is 3. The number of anilines is 1. The summed E-state index contributed by atoms with van der Waals surface area (Å²) >= 11 is 0. The number of carbonyl (C=O) groups is 1. The van der Waals surface area contributed by atoms with Gasteiger partial charge < -0.3 is 15.2 Å². The summed E-state index contributed by atoms with van der Waals surface area (Å²) in [6.45, 7) is 7.45. The first-order chi connectivity index (χ1) is 7.78. The molecule has 0 heterocycles. The lowest BCUT2D eigenvalue weighted by atomic mass is 10.2. The molecule has 17 heavy (non-hydrogen) atoms. The summed E-state index contributed by atoms with van der Waals surface area (Å²) in [5, 5.41) is 12.1. The first-order valence-electron chi connectivity index (χ1n) is 5.51.